The van der Waals surface area contributed by atoms with Crippen LogP contribution >= 0.6 is 35.0 Å². The van der Waals surface area contributed by atoms with Gasteiger partial charge in [0.05, 0.1) is 12.9 Å². The number of nitrogens with zero attached hydrogens (tertiary/aromatic N) is 1. The monoisotopic (exact) mass is 508 g/mol. The van der Waals surface area contributed by atoms with Crippen LogP contribution in [0.25, 0.3) is 0 Å². The molecule has 0 saturated heterocycles. The number of carbonyl (C=O) groups is 2. The van der Waals surface area contributed by atoms with Gasteiger partial charge >= 0.3 is 0 Å². The lowest BCUT2D eigenvalue weighted by atomic mass is 10.1. The minimum Gasteiger partial charge on any atom is -0.497 e. The summed E-state index contributed by atoms with van der Waals surface area (Å²) < 4.78 is 5.32. The molecule has 8 heteroatoms. The number of hydrogen-bond donors (Lipinski definition) is 1. The lowest BCUT2D eigenvalue weighted by Crippen LogP contribution is -2.50. The molecule has 5 nitrogen and oxygen atoms in total. The topological polar surface area (TPSA) is 58.6 Å². The molecule has 1 N–H and O–H groups in total. The fraction of sp³-hybridized carbons (Fsp3) is 0.440. The molecule has 1 saturated carbocycles. The zero-order valence-corrected chi connectivity index (χ0v) is 21.3. The molecule has 0 aromatic heterocycles. The quantitative estimate of drug-likeness (QED) is 0.446. The van der Waals surface area contributed by atoms with Gasteiger partial charge < -0.3 is 15.0 Å². The zero-order valence-electron chi connectivity index (χ0n) is 19.0. The highest BCUT2D eigenvalue weighted by Crippen LogP contribution is 2.25. The second-order valence-corrected chi connectivity index (χ2v) is 10.1. The SMILES string of the molecule is COc1cccc(CN(C(=O)CSCc2ccc(Cl)cc2Cl)[C@H](C)C(=O)NC2CCCC2)c1. The molecule has 0 radical (unpaired) electrons. The summed E-state index contributed by atoms with van der Waals surface area (Å²) in [6, 6.07) is 12.6. The van der Waals surface area contributed by atoms with E-state index in [2.05, 4.69) is 5.32 Å². The molecule has 2 amide bonds. The van der Waals surface area contributed by atoms with Gasteiger partial charge in [0.1, 0.15) is 11.8 Å². The molecular weight excluding hydrogens is 479 g/mol. The molecule has 178 valence electrons. The van der Waals surface area contributed by atoms with Gasteiger partial charge in [0, 0.05) is 28.4 Å². The minimum absolute atomic E-state index is 0.0954. The zero-order chi connectivity index (χ0) is 23.8. The van der Waals surface area contributed by atoms with E-state index >= 15 is 0 Å². The van der Waals surface area contributed by atoms with Crippen LogP contribution in [0.4, 0.5) is 0 Å². The number of hydrogen-bond acceptors (Lipinski definition) is 4. The van der Waals surface area contributed by atoms with Gasteiger partial charge in [0.2, 0.25) is 11.8 Å². The van der Waals surface area contributed by atoms with Crippen LogP contribution in [0.3, 0.4) is 0 Å². The number of halogens is 2. The number of amides is 2. The Morgan fingerprint density at radius 1 is 1.18 bits per heavy atom. The number of methoxy groups -OCH3 is 1. The van der Waals surface area contributed by atoms with Crippen LogP contribution in [-0.4, -0.2) is 41.7 Å². The Morgan fingerprint density at radius 3 is 2.64 bits per heavy atom. The molecule has 0 aliphatic heterocycles. The van der Waals surface area contributed by atoms with Crippen molar-refractivity contribution in [2.75, 3.05) is 12.9 Å². The summed E-state index contributed by atoms with van der Waals surface area (Å²) in [5, 5.41) is 4.29. The van der Waals surface area contributed by atoms with Crippen molar-refractivity contribution < 1.29 is 14.3 Å². The first-order chi connectivity index (χ1) is 15.9. The van der Waals surface area contributed by atoms with Gasteiger partial charge in [-0.15, -0.1) is 11.8 Å². The number of ether oxygens (including phenoxy) is 1. The van der Waals surface area contributed by atoms with Crippen molar-refractivity contribution in [2.24, 2.45) is 0 Å². The van der Waals surface area contributed by atoms with Crippen molar-refractivity contribution >= 4 is 46.8 Å². The number of nitrogens with one attached hydrogen (secondary N) is 1. The Morgan fingerprint density at radius 2 is 1.94 bits per heavy atom. The van der Waals surface area contributed by atoms with E-state index in [9.17, 15) is 9.59 Å². The molecule has 1 fully saturated rings. The van der Waals surface area contributed by atoms with E-state index in [4.69, 9.17) is 27.9 Å². The molecular formula is C25H30Cl2N2O3S. The van der Waals surface area contributed by atoms with E-state index in [1.807, 2.05) is 30.3 Å². The molecule has 2 aromatic carbocycles. The molecule has 0 spiro atoms. The summed E-state index contributed by atoms with van der Waals surface area (Å²) in [6.07, 6.45) is 4.27. The molecule has 1 aliphatic carbocycles. The molecule has 0 heterocycles. The van der Waals surface area contributed by atoms with Gasteiger partial charge in [-0.25, -0.2) is 0 Å². The Labute approximate surface area is 210 Å². The van der Waals surface area contributed by atoms with E-state index in [1.165, 1.54) is 11.8 Å². The number of benzene rings is 2. The molecule has 1 atom stereocenters. The number of rotatable bonds is 10. The second kappa shape index (κ2) is 12.5. The maximum absolute atomic E-state index is 13.3. The van der Waals surface area contributed by atoms with Crippen LogP contribution < -0.4 is 10.1 Å². The smallest absolute Gasteiger partial charge is 0.242 e. The lowest BCUT2D eigenvalue weighted by molar-refractivity contribution is -0.138. The first-order valence-corrected chi connectivity index (χ1v) is 13.0. The fourth-order valence-electron chi connectivity index (χ4n) is 3.91. The molecule has 33 heavy (non-hydrogen) atoms. The summed E-state index contributed by atoms with van der Waals surface area (Å²) in [5.41, 5.74) is 1.83. The maximum Gasteiger partial charge on any atom is 0.242 e. The predicted molar refractivity (Wildman–Crippen MR) is 136 cm³/mol. The van der Waals surface area contributed by atoms with E-state index in [0.717, 1.165) is 42.6 Å². The van der Waals surface area contributed by atoms with E-state index in [-0.39, 0.29) is 23.6 Å². The van der Waals surface area contributed by atoms with E-state index in [1.54, 1.807) is 31.1 Å². The van der Waals surface area contributed by atoms with Crippen molar-refractivity contribution in [1.29, 1.82) is 0 Å². The number of thioether (sulfide) groups is 1. The van der Waals surface area contributed by atoms with Crippen LogP contribution in [0, 0.1) is 0 Å². The Kier molecular flexibility index (Phi) is 9.78. The standard InChI is InChI=1S/C25H30Cl2N2O3S/c1-17(25(31)28-21-7-3-4-8-21)29(14-18-6-5-9-22(12-18)32-2)24(30)16-33-15-19-10-11-20(26)13-23(19)27/h5-6,9-13,17,21H,3-4,7-8,14-16H2,1-2H3,(H,28,31)/t17-/m1/s1. The summed E-state index contributed by atoms with van der Waals surface area (Å²) in [6.45, 7) is 2.13. The molecule has 0 unspecified atom stereocenters. The highest BCUT2D eigenvalue weighted by atomic mass is 35.5. The van der Waals surface area contributed by atoms with Gasteiger partial charge in [-0.05, 0) is 55.2 Å². The van der Waals surface area contributed by atoms with Crippen LogP contribution in [0.15, 0.2) is 42.5 Å². The maximum atomic E-state index is 13.3. The first kappa shape index (κ1) is 25.7. The van der Waals surface area contributed by atoms with Gasteiger partial charge in [-0.2, -0.15) is 0 Å². The van der Waals surface area contributed by atoms with Crippen molar-refractivity contribution in [3.63, 3.8) is 0 Å². The minimum atomic E-state index is -0.580. The molecule has 1 aliphatic rings. The average molecular weight is 509 g/mol. The Bertz CT molecular complexity index is 966. The van der Waals surface area contributed by atoms with Crippen LogP contribution in [0.2, 0.25) is 10.0 Å². The summed E-state index contributed by atoms with van der Waals surface area (Å²) in [7, 11) is 1.61. The Balaban J connectivity index is 1.68. The second-order valence-electron chi connectivity index (χ2n) is 8.27. The third kappa shape index (κ3) is 7.56. The average Bonchev–Trinajstić information content (AvgIpc) is 3.31. The van der Waals surface area contributed by atoms with Crippen molar-refractivity contribution in [1.82, 2.24) is 10.2 Å². The van der Waals surface area contributed by atoms with Crippen molar-refractivity contribution in [2.45, 2.75) is 57.0 Å². The molecule has 3 rings (SSSR count). The largest absolute Gasteiger partial charge is 0.497 e. The third-order valence-corrected chi connectivity index (χ3v) is 7.41. The van der Waals surface area contributed by atoms with Crippen LogP contribution in [-0.2, 0) is 21.9 Å². The highest BCUT2D eigenvalue weighted by Gasteiger charge is 2.28. The van der Waals surface area contributed by atoms with E-state index in [0.29, 0.717) is 22.3 Å². The van der Waals surface area contributed by atoms with Crippen LogP contribution in [0.1, 0.15) is 43.7 Å². The summed E-state index contributed by atoms with van der Waals surface area (Å²) in [5.74, 6) is 1.34. The highest BCUT2D eigenvalue weighted by molar-refractivity contribution is 7.99. The number of carbonyl (C=O) groups excluding carboxylic acids is 2. The fourth-order valence-corrected chi connectivity index (χ4v) is 5.38. The summed E-state index contributed by atoms with van der Waals surface area (Å²) in [4.78, 5) is 27.9. The normalized spacial score (nSPS) is 14.7. The lowest BCUT2D eigenvalue weighted by Gasteiger charge is -2.30. The molecule has 0 bridgehead atoms. The molecule has 2 aromatic rings. The first-order valence-electron chi connectivity index (χ1n) is 11.1. The van der Waals surface area contributed by atoms with Crippen LogP contribution in [0.5, 0.6) is 5.75 Å². The summed E-state index contributed by atoms with van der Waals surface area (Å²) >= 11 is 13.7. The van der Waals surface area contributed by atoms with Crippen molar-refractivity contribution in [3.8, 4) is 5.75 Å². The predicted octanol–water partition coefficient (Wildman–Crippen LogP) is 5.71. The third-order valence-electron chi connectivity index (χ3n) is 5.85. The van der Waals surface area contributed by atoms with Gasteiger partial charge in [-0.1, -0.05) is 54.2 Å². The van der Waals surface area contributed by atoms with Gasteiger partial charge in [0.25, 0.3) is 0 Å². The Hall–Kier alpha value is -1.89. The van der Waals surface area contributed by atoms with Gasteiger partial charge in [-0.3, -0.25) is 9.59 Å². The van der Waals surface area contributed by atoms with Crippen molar-refractivity contribution in [3.05, 3.63) is 63.6 Å². The van der Waals surface area contributed by atoms with Gasteiger partial charge in [0.15, 0.2) is 0 Å². The van der Waals surface area contributed by atoms with E-state index < -0.39 is 6.04 Å².